The summed E-state index contributed by atoms with van der Waals surface area (Å²) in [6.07, 6.45) is 0. The van der Waals surface area contributed by atoms with E-state index in [2.05, 4.69) is 10.9 Å². The van der Waals surface area contributed by atoms with Crippen LogP contribution >= 0.6 is 11.6 Å². The molecule has 3 rings (SSSR count). The first-order valence-corrected chi connectivity index (χ1v) is 9.05. The molecular formula is C13H15ClN4O3S. The maximum Gasteiger partial charge on any atom is 0.353 e. The lowest BCUT2D eigenvalue weighted by atomic mass is 10.2. The molecule has 1 unspecified atom stereocenters. The molecule has 0 bridgehead atoms. The van der Waals surface area contributed by atoms with Gasteiger partial charge in [0.15, 0.2) is 0 Å². The molecule has 2 aromatic rings. The second-order valence-electron chi connectivity index (χ2n) is 5.42. The molecule has 0 amide bonds. The third-order valence-corrected chi connectivity index (χ3v) is 5.70. The zero-order valence-electron chi connectivity index (χ0n) is 12.2. The van der Waals surface area contributed by atoms with Crippen LogP contribution in [0.15, 0.2) is 15.7 Å². The first-order chi connectivity index (χ1) is 10.2. The first kappa shape index (κ1) is 15.1. The van der Waals surface area contributed by atoms with Crippen LogP contribution in [-0.4, -0.2) is 34.7 Å². The molecule has 0 saturated heterocycles. The molecule has 0 spiro atoms. The second kappa shape index (κ2) is 4.85. The summed E-state index contributed by atoms with van der Waals surface area (Å²) in [6, 6.07) is 1.66. The molecule has 0 N–H and O–H groups in total. The van der Waals surface area contributed by atoms with Crippen LogP contribution in [0, 0.1) is 13.8 Å². The van der Waals surface area contributed by atoms with Crippen LogP contribution in [0.25, 0.3) is 5.82 Å². The van der Waals surface area contributed by atoms with E-state index in [4.69, 9.17) is 11.6 Å². The van der Waals surface area contributed by atoms with Gasteiger partial charge in [0.1, 0.15) is 11.7 Å². The molecule has 0 saturated carbocycles. The predicted molar refractivity (Wildman–Crippen MR) is 86.7 cm³/mol. The highest BCUT2D eigenvalue weighted by Crippen LogP contribution is 2.18. The zero-order valence-corrected chi connectivity index (χ0v) is 13.8. The Morgan fingerprint density at radius 3 is 2.59 bits per heavy atom. The number of fused-ring (bicyclic) bond motifs is 1. The Balaban J connectivity index is 2.32. The van der Waals surface area contributed by atoms with Gasteiger partial charge in [0.2, 0.25) is 0 Å². The van der Waals surface area contributed by atoms with Crippen molar-refractivity contribution >= 4 is 27.0 Å². The van der Waals surface area contributed by atoms with E-state index in [1.807, 2.05) is 0 Å². The van der Waals surface area contributed by atoms with Crippen LogP contribution < -0.4 is 11.4 Å². The van der Waals surface area contributed by atoms with E-state index in [0.29, 0.717) is 16.3 Å². The topological polar surface area (TPSA) is 78.9 Å². The zero-order chi connectivity index (χ0) is 16.2. The first-order valence-electron chi connectivity index (χ1n) is 6.60. The Morgan fingerprint density at radius 2 is 1.91 bits per heavy atom. The Labute approximate surface area is 131 Å². The van der Waals surface area contributed by atoms with E-state index in [9.17, 15) is 13.8 Å². The van der Waals surface area contributed by atoms with E-state index >= 15 is 0 Å². The lowest BCUT2D eigenvalue weighted by molar-refractivity contribution is 0.476. The van der Waals surface area contributed by atoms with E-state index in [0.717, 1.165) is 4.57 Å². The van der Waals surface area contributed by atoms with Crippen LogP contribution in [0.2, 0.25) is 5.02 Å². The van der Waals surface area contributed by atoms with Crippen molar-refractivity contribution in [2.75, 3.05) is 5.75 Å². The van der Waals surface area contributed by atoms with Crippen LogP contribution in [-0.2, 0) is 21.9 Å². The highest BCUT2D eigenvalue weighted by Gasteiger charge is 2.25. The molecule has 0 aromatic carbocycles. The number of halogens is 1. The fraction of sp³-hybridized carbons (Fsp3) is 0.385. The van der Waals surface area contributed by atoms with Gasteiger partial charge in [0.05, 0.1) is 17.3 Å². The quantitative estimate of drug-likeness (QED) is 0.691. The number of hydrogen-bond donors (Lipinski definition) is 0. The highest BCUT2D eigenvalue weighted by molar-refractivity contribution is 7.99. The Kier molecular flexibility index (Phi) is 3.33. The monoisotopic (exact) mass is 342 g/mol. The summed E-state index contributed by atoms with van der Waals surface area (Å²) >= 11 is 6.01. The Hall–Kier alpha value is -1.80. The van der Waals surface area contributed by atoms with Crippen LogP contribution in [0.4, 0.5) is 0 Å². The summed E-state index contributed by atoms with van der Waals surface area (Å²) in [6.45, 7) is 3.63. The van der Waals surface area contributed by atoms with Crippen LogP contribution in [0.5, 0.6) is 0 Å². The maximum absolute atomic E-state index is 12.5. The minimum absolute atomic E-state index is 0.0559. The van der Waals surface area contributed by atoms with Crippen molar-refractivity contribution in [3.63, 3.8) is 0 Å². The van der Waals surface area contributed by atoms with Gasteiger partial charge >= 0.3 is 11.4 Å². The van der Waals surface area contributed by atoms with Gasteiger partial charge in [0.25, 0.3) is 0 Å². The van der Waals surface area contributed by atoms with Gasteiger partial charge in [-0.05, 0) is 40.9 Å². The van der Waals surface area contributed by atoms with Crippen molar-refractivity contribution in [1.82, 2.24) is 18.9 Å². The van der Waals surface area contributed by atoms with Gasteiger partial charge in [-0.15, -0.1) is 0 Å². The average Bonchev–Trinajstić information content (AvgIpc) is 2.65. The second-order valence-corrected chi connectivity index (χ2v) is 8.42. The number of hydrogen-bond acceptors (Lipinski definition) is 4. The van der Waals surface area contributed by atoms with Crippen molar-refractivity contribution in [3.05, 3.63) is 43.3 Å². The number of rotatable bonds is 1. The molecular weight excluding hydrogens is 328 g/mol. The summed E-state index contributed by atoms with van der Waals surface area (Å²) in [5.74, 6) is 4.11. The molecule has 7 nitrogen and oxygen atoms in total. The summed E-state index contributed by atoms with van der Waals surface area (Å²) in [7, 11) is -2.38. The Bertz CT molecular complexity index is 998. The summed E-state index contributed by atoms with van der Waals surface area (Å²) in [5, 5.41) is 0.471. The third-order valence-electron chi connectivity index (χ3n) is 3.68. The number of nitrogens with zero attached hydrogens (tertiary/aromatic N) is 4. The van der Waals surface area contributed by atoms with Gasteiger partial charge in [-0.1, -0.05) is 11.6 Å². The normalized spacial score (nSPS) is 20.9. The van der Waals surface area contributed by atoms with Crippen molar-refractivity contribution in [2.45, 2.75) is 26.3 Å². The molecule has 0 aliphatic carbocycles. The smallest absolute Gasteiger partial charge is 0.266 e. The van der Waals surface area contributed by atoms with Gasteiger partial charge in [-0.3, -0.25) is 4.21 Å². The molecule has 118 valence electrons. The number of aromatic nitrogens is 4. The fourth-order valence-corrected chi connectivity index (χ4v) is 4.00. The number of pyridine rings is 1. The van der Waals surface area contributed by atoms with Gasteiger partial charge < -0.3 is 0 Å². The van der Waals surface area contributed by atoms with Crippen LogP contribution in [0.3, 0.4) is 0 Å². The average molecular weight is 343 g/mol. The van der Waals surface area contributed by atoms with Crippen molar-refractivity contribution < 1.29 is 4.21 Å². The molecule has 1 aliphatic rings. The standard InChI is InChI=1S/C13H15ClN4O3S/c1-8-6-10(14)9(2)15-11(8)18-12(19)16-4-5-22(3,21)7-17(16)13(18)20/h6H,3-5,7H2,1-2H3. The molecule has 0 fully saturated rings. The van der Waals surface area contributed by atoms with Crippen molar-refractivity contribution in [2.24, 2.45) is 0 Å². The molecule has 0 radical (unpaired) electrons. The van der Waals surface area contributed by atoms with E-state index in [1.165, 1.54) is 9.36 Å². The molecule has 1 atom stereocenters. The Morgan fingerprint density at radius 1 is 1.27 bits per heavy atom. The SMILES string of the molecule is C=S1(=O)CCn2c(=O)n(-c3nc(C)c(Cl)cc3C)c(=O)n2C1. The third kappa shape index (κ3) is 2.22. The van der Waals surface area contributed by atoms with E-state index in [1.54, 1.807) is 19.9 Å². The van der Waals surface area contributed by atoms with Crippen molar-refractivity contribution in [1.29, 1.82) is 0 Å². The summed E-state index contributed by atoms with van der Waals surface area (Å²) < 4.78 is 15.6. The lowest BCUT2D eigenvalue weighted by Gasteiger charge is -2.18. The molecule has 22 heavy (non-hydrogen) atoms. The summed E-state index contributed by atoms with van der Waals surface area (Å²) in [4.78, 5) is 29.3. The van der Waals surface area contributed by atoms with Gasteiger partial charge in [-0.2, -0.15) is 4.57 Å². The predicted octanol–water partition coefficient (Wildman–Crippen LogP) is 0.153. The number of aryl methyl sites for hydroxylation is 2. The lowest BCUT2D eigenvalue weighted by Crippen LogP contribution is -2.37. The highest BCUT2D eigenvalue weighted by atomic mass is 35.5. The molecule has 2 aromatic heterocycles. The van der Waals surface area contributed by atoms with Crippen LogP contribution in [0.1, 0.15) is 11.3 Å². The van der Waals surface area contributed by atoms with Crippen molar-refractivity contribution in [3.8, 4) is 5.82 Å². The van der Waals surface area contributed by atoms with E-state index in [-0.39, 0.29) is 24.0 Å². The maximum atomic E-state index is 12.5. The molecule has 3 heterocycles. The largest absolute Gasteiger partial charge is 0.353 e. The summed E-state index contributed by atoms with van der Waals surface area (Å²) in [5.41, 5.74) is 0.105. The fourth-order valence-electron chi connectivity index (χ4n) is 2.47. The van der Waals surface area contributed by atoms with Gasteiger partial charge in [-0.25, -0.2) is 23.9 Å². The minimum Gasteiger partial charge on any atom is -0.266 e. The van der Waals surface area contributed by atoms with Gasteiger partial charge in [0, 0.05) is 5.75 Å². The minimum atomic E-state index is -2.38. The van der Waals surface area contributed by atoms with E-state index < -0.39 is 20.9 Å². The molecule has 1 aliphatic heterocycles. The molecule has 9 heteroatoms.